The Labute approximate surface area is 154 Å². The number of nitrogens with zero attached hydrogens (tertiary/aromatic N) is 2. The molecule has 126 valence electrons. The average molecular weight is 336 g/mol. The number of pyridine rings is 2. The van der Waals surface area contributed by atoms with Crippen molar-refractivity contribution in [2.45, 2.75) is 13.8 Å². The van der Waals surface area contributed by atoms with Crippen molar-refractivity contribution in [3.63, 3.8) is 0 Å². The Bertz CT molecular complexity index is 951. The molecular formula is C24H20N2. The molecule has 0 amide bonds. The third kappa shape index (κ3) is 2.91. The van der Waals surface area contributed by atoms with Crippen LogP contribution >= 0.6 is 0 Å². The molecule has 0 unspecified atom stereocenters. The maximum atomic E-state index is 4.55. The Kier molecular flexibility index (Phi) is 4.32. The molecule has 0 bridgehead atoms. The molecule has 2 aromatic heterocycles. The van der Waals surface area contributed by atoms with Crippen molar-refractivity contribution >= 4 is 0 Å². The summed E-state index contributed by atoms with van der Waals surface area (Å²) in [6.07, 6.45) is 3.78. The predicted octanol–water partition coefficient (Wildman–Crippen LogP) is 6.09. The van der Waals surface area contributed by atoms with Crippen LogP contribution in [0, 0.1) is 13.8 Å². The number of aryl methyl sites for hydroxylation is 2. The number of hydrogen-bond donors (Lipinski definition) is 0. The number of hydrogen-bond acceptors (Lipinski definition) is 2. The molecule has 0 spiro atoms. The second-order valence-corrected chi connectivity index (χ2v) is 6.37. The summed E-state index contributed by atoms with van der Waals surface area (Å²) in [4.78, 5) is 9.10. The molecule has 0 fully saturated rings. The van der Waals surface area contributed by atoms with Crippen LogP contribution in [0.1, 0.15) is 11.4 Å². The molecule has 2 heterocycles. The first-order valence-electron chi connectivity index (χ1n) is 8.78. The highest BCUT2D eigenvalue weighted by molar-refractivity contribution is 5.92. The molecule has 0 saturated heterocycles. The van der Waals surface area contributed by atoms with E-state index in [1.807, 2.05) is 24.5 Å². The highest BCUT2D eigenvalue weighted by Crippen LogP contribution is 2.39. The molecule has 4 rings (SSSR count). The van der Waals surface area contributed by atoms with Gasteiger partial charge in [-0.3, -0.25) is 9.97 Å². The summed E-state index contributed by atoms with van der Waals surface area (Å²) in [5.74, 6) is 0. The van der Waals surface area contributed by atoms with Crippen LogP contribution in [0.3, 0.4) is 0 Å². The van der Waals surface area contributed by atoms with Gasteiger partial charge in [-0.1, -0.05) is 60.7 Å². The summed E-state index contributed by atoms with van der Waals surface area (Å²) >= 11 is 0. The van der Waals surface area contributed by atoms with Gasteiger partial charge in [-0.15, -0.1) is 0 Å². The highest BCUT2D eigenvalue weighted by Gasteiger charge is 2.16. The minimum Gasteiger partial charge on any atom is -0.261 e. The van der Waals surface area contributed by atoms with Gasteiger partial charge >= 0.3 is 0 Å². The first kappa shape index (κ1) is 16.2. The maximum Gasteiger partial charge on any atom is 0.0457 e. The predicted molar refractivity (Wildman–Crippen MR) is 108 cm³/mol. The Morgan fingerprint density at radius 3 is 1.27 bits per heavy atom. The first-order valence-corrected chi connectivity index (χ1v) is 8.78. The molecule has 0 N–H and O–H groups in total. The van der Waals surface area contributed by atoms with Crippen LogP contribution in [-0.2, 0) is 0 Å². The van der Waals surface area contributed by atoms with Crippen LogP contribution in [0.5, 0.6) is 0 Å². The third-order valence-corrected chi connectivity index (χ3v) is 4.70. The molecule has 0 radical (unpaired) electrons. The standard InChI is InChI=1S/C24H20N2/c1-17-23(19-9-5-3-6-10-19)21(13-15-25-17)22-14-16-26-18(2)24(22)20-11-7-4-8-12-20/h3-16H,1-2H3. The van der Waals surface area contributed by atoms with Gasteiger partial charge in [0, 0.05) is 34.9 Å². The fourth-order valence-corrected chi connectivity index (χ4v) is 3.52. The zero-order chi connectivity index (χ0) is 17.9. The lowest BCUT2D eigenvalue weighted by Crippen LogP contribution is -1.96. The van der Waals surface area contributed by atoms with Crippen molar-refractivity contribution < 1.29 is 0 Å². The lowest BCUT2D eigenvalue weighted by atomic mass is 9.89. The van der Waals surface area contributed by atoms with E-state index in [1.54, 1.807) is 0 Å². The van der Waals surface area contributed by atoms with Gasteiger partial charge in [-0.2, -0.15) is 0 Å². The fourth-order valence-electron chi connectivity index (χ4n) is 3.52. The topological polar surface area (TPSA) is 25.8 Å². The van der Waals surface area contributed by atoms with Gasteiger partial charge in [-0.25, -0.2) is 0 Å². The second-order valence-electron chi connectivity index (χ2n) is 6.37. The van der Waals surface area contributed by atoms with E-state index in [4.69, 9.17) is 0 Å². The summed E-state index contributed by atoms with van der Waals surface area (Å²) in [5.41, 5.74) is 9.15. The molecule has 0 atom stereocenters. The van der Waals surface area contributed by atoms with Crippen LogP contribution in [0.25, 0.3) is 33.4 Å². The molecule has 2 aromatic carbocycles. The van der Waals surface area contributed by atoms with Crippen LogP contribution in [0.4, 0.5) is 0 Å². The minimum absolute atomic E-state index is 1.03. The number of rotatable bonds is 3. The summed E-state index contributed by atoms with van der Waals surface area (Å²) in [7, 11) is 0. The van der Waals surface area contributed by atoms with Crippen LogP contribution in [0.15, 0.2) is 85.2 Å². The van der Waals surface area contributed by atoms with Crippen LogP contribution < -0.4 is 0 Å². The summed E-state index contributed by atoms with van der Waals surface area (Å²) in [6, 6.07) is 25.2. The Hall–Kier alpha value is -3.26. The van der Waals surface area contributed by atoms with Gasteiger partial charge in [0.15, 0.2) is 0 Å². The van der Waals surface area contributed by atoms with E-state index in [0.29, 0.717) is 0 Å². The smallest absolute Gasteiger partial charge is 0.0457 e. The van der Waals surface area contributed by atoms with Gasteiger partial charge in [0.25, 0.3) is 0 Å². The van der Waals surface area contributed by atoms with Crippen molar-refractivity contribution in [1.82, 2.24) is 9.97 Å². The average Bonchev–Trinajstić information content (AvgIpc) is 2.69. The van der Waals surface area contributed by atoms with E-state index < -0.39 is 0 Å². The monoisotopic (exact) mass is 336 g/mol. The van der Waals surface area contributed by atoms with E-state index >= 15 is 0 Å². The lowest BCUT2D eigenvalue weighted by Gasteiger charge is -2.17. The normalized spacial score (nSPS) is 10.7. The molecule has 0 aliphatic heterocycles. The van der Waals surface area contributed by atoms with Crippen LogP contribution in [0.2, 0.25) is 0 Å². The van der Waals surface area contributed by atoms with Crippen molar-refractivity contribution in [2.24, 2.45) is 0 Å². The van der Waals surface area contributed by atoms with Gasteiger partial charge < -0.3 is 0 Å². The maximum absolute atomic E-state index is 4.55. The first-order chi connectivity index (χ1) is 12.8. The van der Waals surface area contributed by atoms with E-state index in [9.17, 15) is 0 Å². The molecule has 4 aromatic rings. The summed E-state index contributed by atoms with van der Waals surface area (Å²) < 4.78 is 0. The molecule has 0 saturated carbocycles. The minimum atomic E-state index is 1.03. The number of aromatic nitrogens is 2. The molecular weight excluding hydrogens is 316 g/mol. The Balaban J connectivity index is 2.02. The molecule has 2 nitrogen and oxygen atoms in total. The Morgan fingerprint density at radius 1 is 0.500 bits per heavy atom. The quantitative estimate of drug-likeness (QED) is 0.452. The van der Waals surface area contributed by atoms with E-state index in [1.165, 1.54) is 33.4 Å². The molecule has 2 heteroatoms. The third-order valence-electron chi connectivity index (χ3n) is 4.70. The van der Waals surface area contributed by atoms with Crippen molar-refractivity contribution in [1.29, 1.82) is 0 Å². The van der Waals surface area contributed by atoms with Gasteiger partial charge in [-0.05, 0) is 48.2 Å². The number of benzene rings is 2. The van der Waals surface area contributed by atoms with Crippen molar-refractivity contribution in [3.05, 3.63) is 96.6 Å². The summed E-state index contributed by atoms with van der Waals surface area (Å²) in [6.45, 7) is 4.14. The van der Waals surface area contributed by atoms with Gasteiger partial charge in [0.1, 0.15) is 0 Å². The van der Waals surface area contributed by atoms with Gasteiger partial charge in [0.2, 0.25) is 0 Å². The van der Waals surface area contributed by atoms with E-state index in [-0.39, 0.29) is 0 Å². The highest BCUT2D eigenvalue weighted by atomic mass is 14.7. The largest absolute Gasteiger partial charge is 0.261 e. The van der Waals surface area contributed by atoms with Crippen molar-refractivity contribution in [2.75, 3.05) is 0 Å². The SMILES string of the molecule is Cc1nccc(-c2ccnc(C)c2-c2ccccc2)c1-c1ccccc1. The molecule has 0 aliphatic carbocycles. The van der Waals surface area contributed by atoms with Crippen LogP contribution in [-0.4, -0.2) is 9.97 Å². The molecule has 0 aliphatic rings. The Morgan fingerprint density at radius 2 is 0.885 bits per heavy atom. The van der Waals surface area contributed by atoms with Crippen molar-refractivity contribution in [3.8, 4) is 33.4 Å². The zero-order valence-electron chi connectivity index (χ0n) is 15.0. The van der Waals surface area contributed by atoms with E-state index in [2.05, 4.69) is 84.5 Å². The second kappa shape index (κ2) is 6.93. The van der Waals surface area contributed by atoms with Gasteiger partial charge in [0.05, 0.1) is 0 Å². The summed E-state index contributed by atoms with van der Waals surface area (Å²) in [5, 5.41) is 0. The molecule has 26 heavy (non-hydrogen) atoms. The van der Waals surface area contributed by atoms with E-state index in [0.717, 1.165) is 11.4 Å². The fraction of sp³-hybridized carbons (Fsp3) is 0.0833. The zero-order valence-corrected chi connectivity index (χ0v) is 15.0. The lowest BCUT2D eigenvalue weighted by molar-refractivity contribution is 1.19.